The molecule has 1 fully saturated rings. The second kappa shape index (κ2) is 18.0. The summed E-state index contributed by atoms with van der Waals surface area (Å²) in [6.45, 7) is 7.81. The molecule has 0 unspecified atom stereocenters. The molecule has 2 aromatic heterocycles. The Bertz CT molecular complexity index is 2280. The Morgan fingerprint density at radius 3 is 2.64 bits per heavy atom. The van der Waals surface area contributed by atoms with Crippen molar-refractivity contribution in [3.05, 3.63) is 94.2 Å². The van der Waals surface area contributed by atoms with Crippen molar-refractivity contribution in [1.29, 1.82) is 0 Å². The van der Waals surface area contributed by atoms with E-state index >= 15 is 0 Å². The molecule has 14 nitrogen and oxygen atoms in total. The number of amides is 2. The summed E-state index contributed by atoms with van der Waals surface area (Å²) in [6, 6.07) is 13.1. The van der Waals surface area contributed by atoms with Crippen LogP contribution in [0.5, 0.6) is 11.6 Å². The van der Waals surface area contributed by atoms with Gasteiger partial charge in [-0.25, -0.2) is 14.2 Å². The van der Waals surface area contributed by atoms with Gasteiger partial charge in [0.25, 0.3) is 11.8 Å². The Morgan fingerprint density at radius 1 is 1.12 bits per heavy atom. The first-order valence-electron chi connectivity index (χ1n) is 20.2. The van der Waals surface area contributed by atoms with Crippen LogP contribution in [0.25, 0.3) is 0 Å². The molecule has 3 aliphatic rings. The number of hydrogen-bond donors (Lipinski definition) is 1. The SMILES string of the molecule is COc1nn(C)cc1C(=O)N[S@](=O)(C[C@@H](C)[C@H](C)OCc1ncccn1)=NC(=O)c1ccc2c(c1)N(C[C@@H]1CC[C@H]1[C@H](C)OC)C[C@@]1(CCCc3cc(Cl)ccc31)CO2. The second-order valence-corrected chi connectivity index (χ2v) is 18.7. The quantitative estimate of drug-likeness (QED) is 0.146. The maximum Gasteiger partial charge on any atom is 0.286 e. The molecule has 59 heavy (non-hydrogen) atoms. The highest BCUT2D eigenvalue weighted by Crippen LogP contribution is 2.47. The summed E-state index contributed by atoms with van der Waals surface area (Å²) < 4.78 is 47.0. The van der Waals surface area contributed by atoms with Crippen molar-refractivity contribution in [1.82, 2.24) is 24.5 Å². The van der Waals surface area contributed by atoms with Crippen molar-refractivity contribution < 1.29 is 32.7 Å². The van der Waals surface area contributed by atoms with E-state index in [1.165, 1.54) is 29.1 Å². The summed E-state index contributed by atoms with van der Waals surface area (Å²) >= 11 is 6.48. The van der Waals surface area contributed by atoms with E-state index in [4.69, 9.17) is 30.5 Å². The minimum absolute atomic E-state index is 0.0478. The molecular formula is C43H54ClN7O7S. The summed E-state index contributed by atoms with van der Waals surface area (Å²) in [4.78, 5) is 38.8. The topological polar surface area (TPSA) is 159 Å². The Hall–Kier alpha value is -4.57. The zero-order valence-electron chi connectivity index (χ0n) is 34.6. The fourth-order valence-electron chi connectivity index (χ4n) is 8.67. The van der Waals surface area contributed by atoms with Gasteiger partial charge in [-0.2, -0.15) is 0 Å². The Labute approximate surface area is 351 Å². The lowest BCUT2D eigenvalue weighted by molar-refractivity contribution is -0.00436. The molecule has 7 rings (SSSR count). The number of anilines is 1. The number of benzene rings is 2. The van der Waals surface area contributed by atoms with Crippen molar-refractivity contribution in [2.24, 2.45) is 29.2 Å². The minimum atomic E-state index is -3.76. The van der Waals surface area contributed by atoms with Crippen LogP contribution in [0.15, 0.2) is 65.4 Å². The van der Waals surface area contributed by atoms with Crippen molar-refractivity contribution in [2.75, 3.05) is 44.6 Å². The average molecular weight is 848 g/mol. The van der Waals surface area contributed by atoms with Crippen LogP contribution in [-0.4, -0.2) is 87.6 Å². The molecule has 2 amide bonds. The average Bonchev–Trinajstić information content (AvgIpc) is 3.53. The smallest absolute Gasteiger partial charge is 0.286 e. The first kappa shape index (κ1) is 42.6. The highest BCUT2D eigenvalue weighted by atomic mass is 35.5. The molecule has 0 saturated heterocycles. The standard InChI is InChI=1S/C43H54ClN7O7S/c1-27(28(2)57-23-39-45-17-8-18-46-39)24-59(54,49-41(53)35-22-50(4)47-42(35)56-6)48-40(52)31-11-15-38-37(20-31)51(21-32-10-13-34(32)29(3)55-5)25-43(26-58-38)16-7-9-30-19-33(44)12-14-36(30)43/h8,11-12,14-15,17-20,22,27-29,32,34H,7,9-10,13,16,21,23-26H2,1-6H3,(H,48,49,52,53,54)/t27-,28+,29+,32+,34+,43+,59+/m1/s1. The van der Waals surface area contributed by atoms with Gasteiger partial charge >= 0.3 is 0 Å². The number of fused-ring (bicyclic) bond motifs is 3. The van der Waals surface area contributed by atoms with E-state index in [0.29, 0.717) is 36.6 Å². The number of nitrogens with one attached hydrogen (secondary N) is 1. The van der Waals surface area contributed by atoms with Gasteiger partial charge in [-0.05, 0) is 111 Å². The monoisotopic (exact) mass is 847 g/mol. The predicted octanol–water partition coefficient (Wildman–Crippen LogP) is 6.60. The lowest BCUT2D eigenvalue weighted by Gasteiger charge is -2.45. The molecule has 16 heteroatoms. The van der Waals surface area contributed by atoms with E-state index in [1.54, 1.807) is 50.8 Å². The summed E-state index contributed by atoms with van der Waals surface area (Å²) in [5.74, 6) is -0.0996. The van der Waals surface area contributed by atoms with Gasteiger partial charge in [-0.15, -0.1) is 9.46 Å². The molecule has 2 aromatic carbocycles. The molecule has 3 heterocycles. The van der Waals surface area contributed by atoms with Gasteiger partial charge < -0.3 is 23.8 Å². The molecule has 316 valence electrons. The lowest BCUT2D eigenvalue weighted by Crippen LogP contribution is -2.49. The predicted molar refractivity (Wildman–Crippen MR) is 225 cm³/mol. The fraction of sp³-hybridized carbons (Fsp3) is 0.512. The highest BCUT2D eigenvalue weighted by molar-refractivity contribution is 7.92. The Kier molecular flexibility index (Phi) is 13.0. The molecule has 1 N–H and O–H groups in total. The van der Waals surface area contributed by atoms with Gasteiger partial charge in [0.1, 0.15) is 27.8 Å². The number of aromatic nitrogens is 4. The van der Waals surface area contributed by atoms with Crippen LogP contribution in [0.4, 0.5) is 5.69 Å². The maximum absolute atomic E-state index is 14.9. The van der Waals surface area contributed by atoms with Crippen LogP contribution < -0.4 is 19.1 Å². The molecule has 1 aliphatic heterocycles. The van der Waals surface area contributed by atoms with Crippen LogP contribution in [0.1, 0.15) is 84.1 Å². The summed E-state index contributed by atoms with van der Waals surface area (Å²) in [7, 11) is 1.03. The van der Waals surface area contributed by atoms with Crippen molar-refractivity contribution in [2.45, 2.75) is 77.1 Å². The van der Waals surface area contributed by atoms with Crippen molar-refractivity contribution >= 4 is 39.0 Å². The summed E-state index contributed by atoms with van der Waals surface area (Å²) in [5.41, 5.74) is 3.24. The van der Waals surface area contributed by atoms with Gasteiger partial charge in [0, 0.05) is 61.8 Å². The van der Waals surface area contributed by atoms with Gasteiger partial charge in [-0.1, -0.05) is 24.6 Å². The second-order valence-electron chi connectivity index (χ2n) is 16.2. The zero-order chi connectivity index (χ0) is 41.9. The molecule has 4 aromatic rings. The van der Waals surface area contributed by atoms with Crippen LogP contribution in [0.3, 0.4) is 0 Å². The number of hydrogen-bond acceptors (Lipinski definition) is 11. The fourth-order valence-corrected chi connectivity index (χ4v) is 10.8. The van der Waals surface area contributed by atoms with E-state index in [2.05, 4.69) is 48.1 Å². The molecule has 2 aliphatic carbocycles. The molecular weight excluding hydrogens is 794 g/mol. The molecule has 0 bridgehead atoms. The van der Waals surface area contributed by atoms with E-state index in [0.717, 1.165) is 49.4 Å². The lowest BCUT2D eigenvalue weighted by atomic mass is 9.68. The number of halogens is 1. The zero-order valence-corrected chi connectivity index (χ0v) is 36.1. The van der Waals surface area contributed by atoms with Crippen LogP contribution in [0.2, 0.25) is 5.02 Å². The van der Waals surface area contributed by atoms with Gasteiger partial charge in [-0.3, -0.25) is 19.0 Å². The van der Waals surface area contributed by atoms with Gasteiger partial charge in [0.05, 0.1) is 37.4 Å². The Morgan fingerprint density at radius 2 is 1.92 bits per heavy atom. The molecule has 1 spiro atoms. The van der Waals surface area contributed by atoms with E-state index in [-0.39, 0.29) is 40.9 Å². The van der Waals surface area contributed by atoms with Crippen molar-refractivity contribution in [3.63, 3.8) is 0 Å². The largest absolute Gasteiger partial charge is 0.490 e. The van der Waals surface area contributed by atoms with E-state index in [1.807, 2.05) is 19.9 Å². The van der Waals surface area contributed by atoms with Crippen LogP contribution in [-0.2, 0) is 44.9 Å². The molecule has 7 atom stereocenters. The van der Waals surface area contributed by atoms with E-state index < -0.39 is 33.8 Å². The maximum atomic E-state index is 14.9. The third-order valence-corrected chi connectivity index (χ3v) is 14.5. The van der Waals surface area contributed by atoms with Gasteiger partial charge in [0.15, 0.2) is 5.82 Å². The number of ether oxygens (including phenoxy) is 4. The van der Waals surface area contributed by atoms with Crippen molar-refractivity contribution in [3.8, 4) is 11.6 Å². The molecule has 1 saturated carbocycles. The number of rotatable bonds is 14. The highest BCUT2D eigenvalue weighted by Gasteiger charge is 2.44. The number of methoxy groups -OCH3 is 2. The number of carbonyl (C=O) groups is 2. The number of aryl methyl sites for hydroxylation is 2. The third kappa shape index (κ3) is 9.43. The normalized spacial score (nSPS) is 22.3. The first-order chi connectivity index (χ1) is 28.3. The minimum Gasteiger partial charge on any atom is -0.490 e. The van der Waals surface area contributed by atoms with Crippen LogP contribution >= 0.6 is 11.6 Å². The number of carbonyl (C=O) groups excluding carboxylic acids is 2. The van der Waals surface area contributed by atoms with E-state index in [9.17, 15) is 13.8 Å². The van der Waals surface area contributed by atoms with Gasteiger partial charge in [0.2, 0.25) is 5.88 Å². The summed E-state index contributed by atoms with van der Waals surface area (Å²) in [5, 5.41) is 4.89. The Balaban J connectivity index is 1.22. The molecule has 0 radical (unpaired) electrons. The number of nitrogens with zero attached hydrogens (tertiary/aromatic N) is 6. The first-order valence-corrected chi connectivity index (χ1v) is 22.3. The van der Waals surface area contributed by atoms with Crippen LogP contribution in [0, 0.1) is 17.8 Å². The summed E-state index contributed by atoms with van der Waals surface area (Å²) in [6.07, 6.45) is 9.43. The third-order valence-electron chi connectivity index (χ3n) is 12.3.